The molecule has 156 valence electrons. The number of piperidine rings is 1. The predicted octanol–water partition coefficient (Wildman–Crippen LogP) is 4.44. The van der Waals surface area contributed by atoms with Gasteiger partial charge in [-0.2, -0.15) is 0 Å². The van der Waals surface area contributed by atoms with Crippen LogP contribution in [0.5, 0.6) is 0 Å². The third kappa shape index (κ3) is 4.26. The van der Waals surface area contributed by atoms with Crippen LogP contribution >= 0.6 is 11.8 Å². The molecule has 1 aliphatic heterocycles. The molecule has 2 aromatic heterocycles. The molecular formula is C23H27N5OS. The van der Waals surface area contributed by atoms with E-state index in [1.54, 1.807) is 12.4 Å². The molecule has 1 saturated heterocycles. The summed E-state index contributed by atoms with van der Waals surface area (Å²) in [5, 5.41) is 9.63. The van der Waals surface area contributed by atoms with Crippen LogP contribution in [0.2, 0.25) is 0 Å². The Hall–Kier alpha value is -2.67. The summed E-state index contributed by atoms with van der Waals surface area (Å²) >= 11 is 1.45. The third-order valence-corrected chi connectivity index (χ3v) is 6.51. The normalized spacial score (nSPS) is 16.6. The quantitative estimate of drug-likeness (QED) is 0.570. The first-order chi connectivity index (χ1) is 14.5. The van der Waals surface area contributed by atoms with Crippen molar-refractivity contribution in [3.63, 3.8) is 0 Å². The van der Waals surface area contributed by atoms with Crippen molar-refractivity contribution >= 4 is 17.7 Å². The van der Waals surface area contributed by atoms with Gasteiger partial charge in [-0.15, -0.1) is 10.2 Å². The maximum absolute atomic E-state index is 12.9. The van der Waals surface area contributed by atoms with Crippen LogP contribution in [-0.2, 0) is 4.79 Å². The molecule has 0 bridgehead atoms. The largest absolute Gasteiger partial charge is 0.339 e. The monoisotopic (exact) mass is 421 g/mol. The third-order valence-electron chi connectivity index (χ3n) is 5.59. The molecule has 0 unspecified atom stereocenters. The van der Waals surface area contributed by atoms with Crippen molar-refractivity contribution in [3.8, 4) is 17.1 Å². The fourth-order valence-electron chi connectivity index (χ4n) is 4.00. The zero-order valence-electron chi connectivity index (χ0n) is 17.7. The number of rotatable bonds is 5. The Bertz CT molecular complexity index is 1030. The fraction of sp³-hybridized carbons (Fsp3) is 0.391. The Morgan fingerprint density at radius 1 is 1.20 bits per heavy atom. The van der Waals surface area contributed by atoms with E-state index in [-0.39, 0.29) is 5.91 Å². The molecule has 3 heterocycles. The molecule has 1 aromatic carbocycles. The van der Waals surface area contributed by atoms with Crippen LogP contribution in [-0.4, -0.2) is 48.9 Å². The van der Waals surface area contributed by atoms with Gasteiger partial charge < -0.3 is 4.90 Å². The Labute approximate surface area is 181 Å². The molecule has 0 radical (unpaired) electrons. The maximum atomic E-state index is 12.9. The van der Waals surface area contributed by atoms with E-state index < -0.39 is 0 Å². The van der Waals surface area contributed by atoms with E-state index in [0.717, 1.165) is 47.2 Å². The summed E-state index contributed by atoms with van der Waals surface area (Å²) in [6, 6.07) is 10.5. The lowest BCUT2D eigenvalue weighted by atomic mass is 10.0. The van der Waals surface area contributed by atoms with Gasteiger partial charge in [0.1, 0.15) is 0 Å². The summed E-state index contributed by atoms with van der Waals surface area (Å²) in [6.45, 7) is 7.16. The molecule has 3 aromatic rings. The molecule has 6 nitrogen and oxygen atoms in total. The highest BCUT2D eigenvalue weighted by atomic mass is 32.2. The molecule has 1 amide bonds. The van der Waals surface area contributed by atoms with Gasteiger partial charge in [0.15, 0.2) is 11.0 Å². The summed E-state index contributed by atoms with van der Waals surface area (Å²) in [5.74, 6) is 1.27. The topological polar surface area (TPSA) is 63.9 Å². The molecule has 0 N–H and O–H groups in total. The zero-order chi connectivity index (χ0) is 21.1. The number of pyridine rings is 1. The zero-order valence-corrected chi connectivity index (χ0v) is 18.5. The molecule has 7 heteroatoms. The van der Waals surface area contributed by atoms with E-state index in [9.17, 15) is 4.79 Å². The molecule has 0 spiro atoms. The van der Waals surface area contributed by atoms with Crippen molar-refractivity contribution in [1.82, 2.24) is 24.6 Å². The average Bonchev–Trinajstić information content (AvgIpc) is 3.16. The van der Waals surface area contributed by atoms with Crippen molar-refractivity contribution in [2.75, 3.05) is 12.3 Å². The van der Waals surface area contributed by atoms with Gasteiger partial charge in [-0.05, 0) is 63.8 Å². The second kappa shape index (κ2) is 9.00. The van der Waals surface area contributed by atoms with Crippen molar-refractivity contribution in [3.05, 3.63) is 53.9 Å². The fourth-order valence-corrected chi connectivity index (χ4v) is 4.83. The lowest BCUT2D eigenvalue weighted by molar-refractivity contribution is -0.131. The Kier molecular flexibility index (Phi) is 6.18. The van der Waals surface area contributed by atoms with E-state index in [1.807, 2.05) is 21.6 Å². The van der Waals surface area contributed by atoms with Crippen LogP contribution in [0, 0.1) is 13.8 Å². The summed E-state index contributed by atoms with van der Waals surface area (Å²) in [5.41, 5.74) is 4.26. The second-order valence-corrected chi connectivity index (χ2v) is 8.84. The van der Waals surface area contributed by atoms with Crippen LogP contribution < -0.4 is 0 Å². The van der Waals surface area contributed by atoms with E-state index in [2.05, 4.69) is 54.2 Å². The molecule has 30 heavy (non-hydrogen) atoms. The van der Waals surface area contributed by atoms with Crippen molar-refractivity contribution in [2.24, 2.45) is 0 Å². The van der Waals surface area contributed by atoms with E-state index in [4.69, 9.17) is 0 Å². The van der Waals surface area contributed by atoms with E-state index >= 15 is 0 Å². The predicted molar refractivity (Wildman–Crippen MR) is 120 cm³/mol. The van der Waals surface area contributed by atoms with E-state index in [1.165, 1.54) is 23.7 Å². The van der Waals surface area contributed by atoms with Gasteiger partial charge in [0.05, 0.1) is 11.4 Å². The molecule has 1 aliphatic rings. The molecule has 0 aliphatic carbocycles. The first-order valence-electron chi connectivity index (χ1n) is 10.4. The number of hydrogen-bond donors (Lipinski definition) is 0. The minimum Gasteiger partial charge on any atom is -0.339 e. The van der Waals surface area contributed by atoms with Gasteiger partial charge in [-0.3, -0.25) is 14.3 Å². The Balaban J connectivity index is 1.66. The van der Waals surface area contributed by atoms with Gasteiger partial charge >= 0.3 is 0 Å². The van der Waals surface area contributed by atoms with Crippen molar-refractivity contribution in [2.45, 2.75) is 51.2 Å². The van der Waals surface area contributed by atoms with Crippen LogP contribution in [0.15, 0.2) is 47.9 Å². The maximum Gasteiger partial charge on any atom is 0.233 e. The lowest BCUT2D eigenvalue weighted by Gasteiger charge is -2.33. The van der Waals surface area contributed by atoms with Crippen LogP contribution in [0.1, 0.15) is 37.3 Å². The molecule has 4 rings (SSSR count). The molecule has 1 fully saturated rings. The highest BCUT2D eigenvalue weighted by Gasteiger charge is 2.24. The average molecular weight is 422 g/mol. The van der Waals surface area contributed by atoms with E-state index in [0.29, 0.717) is 11.8 Å². The van der Waals surface area contributed by atoms with Gasteiger partial charge in [0.25, 0.3) is 0 Å². The minimum atomic E-state index is 0.172. The molecule has 1 atom stereocenters. The first kappa shape index (κ1) is 20.6. The van der Waals surface area contributed by atoms with Gasteiger partial charge in [0, 0.05) is 30.5 Å². The Morgan fingerprint density at radius 2 is 2.07 bits per heavy atom. The number of benzene rings is 1. The minimum absolute atomic E-state index is 0.172. The number of aromatic nitrogens is 4. The highest BCUT2D eigenvalue weighted by Crippen LogP contribution is 2.30. The van der Waals surface area contributed by atoms with Crippen molar-refractivity contribution < 1.29 is 4.79 Å². The van der Waals surface area contributed by atoms with Gasteiger partial charge in [0.2, 0.25) is 5.91 Å². The number of aryl methyl sites for hydroxylation is 2. The first-order valence-corrected chi connectivity index (χ1v) is 11.4. The summed E-state index contributed by atoms with van der Waals surface area (Å²) in [4.78, 5) is 19.1. The number of carbonyl (C=O) groups excluding carboxylic acids is 1. The SMILES string of the molecule is Cc1ccc(-n2c(SCC(=O)N3CCCC[C@@H]3C)nnc2-c2cccnc2)c(C)c1. The van der Waals surface area contributed by atoms with Crippen LogP contribution in [0.25, 0.3) is 17.1 Å². The summed E-state index contributed by atoms with van der Waals surface area (Å²) in [6.07, 6.45) is 6.91. The smallest absolute Gasteiger partial charge is 0.233 e. The lowest BCUT2D eigenvalue weighted by Crippen LogP contribution is -2.42. The number of carbonyl (C=O) groups is 1. The molecule has 0 saturated carbocycles. The van der Waals surface area contributed by atoms with Crippen LogP contribution in [0.3, 0.4) is 0 Å². The highest BCUT2D eigenvalue weighted by molar-refractivity contribution is 7.99. The van der Waals surface area contributed by atoms with Crippen LogP contribution in [0.4, 0.5) is 0 Å². The van der Waals surface area contributed by atoms with Crippen molar-refractivity contribution in [1.29, 1.82) is 0 Å². The van der Waals surface area contributed by atoms with Gasteiger partial charge in [-0.1, -0.05) is 29.5 Å². The van der Waals surface area contributed by atoms with Gasteiger partial charge in [-0.25, -0.2) is 0 Å². The second-order valence-electron chi connectivity index (χ2n) is 7.89. The number of thioether (sulfide) groups is 1. The number of likely N-dealkylation sites (tertiary alicyclic amines) is 1. The summed E-state index contributed by atoms with van der Waals surface area (Å²) < 4.78 is 2.05. The Morgan fingerprint density at radius 3 is 2.80 bits per heavy atom. The molecular weight excluding hydrogens is 394 g/mol. The number of nitrogens with zero attached hydrogens (tertiary/aromatic N) is 5. The number of amides is 1. The standard InChI is InChI=1S/C23H27N5OS/c1-16-9-10-20(17(2)13-16)28-22(19-8-6-11-24-14-19)25-26-23(28)30-15-21(29)27-12-5-4-7-18(27)3/h6,8-11,13-14,18H,4-5,7,12,15H2,1-3H3/t18-/m0/s1. The number of hydrogen-bond acceptors (Lipinski definition) is 5. The summed E-state index contributed by atoms with van der Waals surface area (Å²) in [7, 11) is 0.